The van der Waals surface area contributed by atoms with E-state index in [1.807, 2.05) is 37.3 Å². The van der Waals surface area contributed by atoms with Gasteiger partial charge in [-0.3, -0.25) is 5.43 Å². The molecule has 0 aliphatic rings. The number of rotatable bonds is 10. The van der Waals surface area contributed by atoms with E-state index in [4.69, 9.17) is 21.7 Å². The molecule has 0 saturated heterocycles. The van der Waals surface area contributed by atoms with Crippen LogP contribution in [0.25, 0.3) is 0 Å². The molecule has 7 heteroatoms. The lowest BCUT2D eigenvalue weighted by Crippen LogP contribution is -2.31. The summed E-state index contributed by atoms with van der Waals surface area (Å²) in [7, 11) is 0. The van der Waals surface area contributed by atoms with Crippen molar-refractivity contribution in [1.29, 1.82) is 0 Å². The van der Waals surface area contributed by atoms with Gasteiger partial charge in [0.15, 0.2) is 5.11 Å². The second-order valence-electron chi connectivity index (χ2n) is 6.49. The lowest BCUT2D eigenvalue weighted by atomic mass is 9.99. The maximum absolute atomic E-state index is 5.88. The highest BCUT2D eigenvalue weighted by atomic mass is 79.9. The fraction of sp³-hybridized carbons (Fsp3) is 0.364. The largest absolute Gasteiger partial charge is 0.490 e. The van der Waals surface area contributed by atoms with E-state index in [1.54, 1.807) is 6.21 Å². The van der Waals surface area contributed by atoms with Crippen molar-refractivity contribution in [2.24, 2.45) is 5.10 Å². The molecule has 1 atom stereocenters. The predicted molar refractivity (Wildman–Crippen MR) is 127 cm³/mol. The normalized spacial score (nSPS) is 11.9. The summed E-state index contributed by atoms with van der Waals surface area (Å²) in [5.41, 5.74) is 4.95. The zero-order chi connectivity index (χ0) is 21.1. The summed E-state index contributed by atoms with van der Waals surface area (Å²) in [5, 5.41) is 7.61. The van der Waals surface area contributed by atoms with E-state index in [2.05, 4.69) is 57.8 Å². The van der Waals surface area contributed by atoms with Crippen LogP contribution in [0.2, 0.25) is 0 Å². The molecule has 0 heterocycles. The summed E-state index contributed by atoms with van der Waals surface area (Å²) in [5.74, 6) is 2.13. The van der Waals surface area contributed by atoms with Gasteiger partial charge in [-0.2, -0.15) is 5.10 Å². The molecule has 2 N–H and O–H groups in total. The summed E-state index contributed by atoms with van der Waals surface area (Å²) in [6.45, 7) is 8.02. The molecule has 2 aromatic carbocycles. The molecule has 0 radical (unpaired) electrons. The van der Waals surface area contributed by atoms with Crippen molar-refractivity contribution in [2.75, 3.05) is 19.8 Å². The first-order valence-corrected chi connectivity index (χ1v) is 11.0. The number of benzene rings is 2. The van der Waals surface area contributed by atoms with Gasteiger partial charge >= 0.3 is 0 Å². The molecule has 5 nitrogen and oxygen atoms in total. The number of hydrogen-bond donors (Lipinski definition) is 2. The van der Waals surface area contributed by atoms with Crippen LogP contribution in [0.15, 0.2) is 52.0 Å². The Kier molecular flexibility index (Phi) is 9.94. The maximum Gasteiger partial charge on any atom is 0.186 e. The standard InChI is InChI=1S/C22H28BrN3O2S/c1-4-16(3)17-6-9-20(10-7-17)27-12-13-28-21-11-8-19(23)14-18(21)15-25-26-22(29)24-5-2/h6-11,14-16H,4-5,12-13H2,1-3H3,(H2,24,26,29). The van der Waals surface area contributed by atoms with E-state index < -0.39 is 0 Å². The van der Waals surface area contributed by atoms with Crippen LogP contribution in [0.4, 0.5) is 0 Å². The zero-order valence-corrected chi connectivity index (χ0v) is 19.5. The van der Waals surface area contributed by atoms with E-state index in [0.29, 0.717) is 24.2 Å². The van der Waals surface area contributed by atoms with Gasteiger partial charge < -0.3 is 14.8 Å². The Hall–Kier alpha value is -2.12. The second kappa shape index (κ2) is 12.4. The Balaban J connectivity index is 1.87. The average Bonchev–Trinajstić information content (AvgIpc) is 2.72. The summed E-state index contributed by atoms with van der Waals surface area (Å²) in [4.78, 5) is 0. The van der Waals surface area contributed by atoms with Gasteiger partial charge in [0, 0.05) is 16.6 Å². The molecule has 29 heavy (non-hydrogen) atoms. The van der Waals surface area contributed by atoms with Crippen LogP contribution in [0.3, 0.4) is 0 Å². The van der Waals surface area contributed by atoms with Gasteiger partial charge in [0.2, 0.25) is 0 Å². The Labute approximate surface area is 187 Å². The number of nitrogens with zero attached hydrogens (tertiary/aromatic N) is 1. The van der Waals surface area contributed by atoms with Gasteiger partial charge in [-0.1, -0.05) is 41.9 Å². The Bertz CT molecular complexity index is 812. The van der Waals surface area contributed by atoms with Crippen molar-refractivity contribution in [1.82, 2.24) is 10.7 Å². The minimum absolute atomic E-state index is 0.429. The maximum atomic E-state index is 5.88. The van der Waals surface area contributed by atoms with Gasteiger partial charge in [0.25, 0.3) is 0 Å². The fourth-order valence-electron chi connectivity index (χ4n) is 2.55. The third-order valence-electron chi connectivity index (χ3n) is 4.35. The minimum atomic E-state index is 0.429. The van der Waals surface area contributed by atoms with Crippen molar-refractivity contribution < 1.29 is 9.47 Å². The number of hydrogen-bond acceptors (Lipinski definition) is 4. The van der Waals surface area contributed by atoms with Crippen LogP contribution in [-0.4, -0.2) is 31.1 Å². The number of thiocarbonyl (C=S) groups is 1. The van der Waals surface area contributed by atoms with Crippen LogP contribution >= 0.6 is 28.1 Å². The number of halogens is 1. The van der Waals surface area contributed by atoms with Gasteiger partial charge in [-0.05, 0) is 67.4 Å². The Morgan fingerprint density at radius 1 is 1.14 bits per heavy atom. The minimum Gasteiger partial charge on any atom is -0.490 e. The Morgan fingerprint density at radius 3 is 2.55 bits per heavy atom. The smallest absolute Gasteiger partial charge is 0.186 e. The van der Waals surface area contributed by atoms with Crippen LogP contribution in [-0.2, 0) is 0 Å². The quantitative estimate of drug-likeness (QED) is 0.212. The van der Waals surface area contributed by atoms with Gasteiger partial charge in [0.05, 0.1) is 6.21 Å². The molecule has 0 aromatic heterocycles. The van der Waals surface area contributed by atoms with Crippen LogP contribution in [0.5, 0.6) is 11.5 Å². The molecule has 0 fully saturated rings. The molecule has 156 valence electrons. The van der Waals surface area contributed by atoms with E-state index >= 15 is 0 Å². The van der Waals surface area contributed by atoms with Crippen LogP contribution in [0.1, 0.15) is 44.2 Å². The molecule has 0 amide bonds. The van der Waals surface area contributed by atoms with Gasteiger partial charge in [0.1, 0.15) is 24.7 Å². The SMILES string of the molecule is CCNC(=S)NN=Cc1cc(Br)ccc1OCCOc1ccc(C(C)CC)cc1. The first kappa shape index (κ1) is 23.2. The predicted octanol–water partition coefficient (Wildman–Crippen LogP) is 5.24. The molecule has 0 saturated carbocycles. The first-order valence-electron chi connectivity index (χ1n) is 9.75. The van der Waals surface area contributed by atoms with E-state index in [0.717, 1.165) is 34.5 Å². The summed E-state index contributed by atoms with van der Waals surface area (Å²) in [6.07, 6.45) is 2.81. The lowest BCUT2D eigenvalue weighted by Gasteiger charge is -2.12. The molecule has 2 aromatic rings. The zero-order valence-electron chi connectivity index (χ0n) is 17.1. The molecular weight excluding hydrogens is 450 g/mol. The highest BCUT2D eigenvalue weighted by Crippen LogP contribution is 2.23. The topological polar surface area (TPSA) is 54.9 Å². The van der Waals surface area contributed by atoms with Crippen LogP contribution in [0, 0.1) is 0 Å². The molecule has 1 unspecified atom stereocenters. The van der Waals surface area contributed by atoms with Gasteiger partial charge in [-0.25, -0.2) is 0 Å². The van der Waals surface area contributed by atoms with Gasteiger partial charge in [-0.15, -0.1) is 0 Å². The molecule has 2 rings (SSSR count). The molecule has 0 aliphatic heterocycles. The van der Waals surface area contributed by atoms with Crippen molar-refractivity contribution >= 4 is 39.5 Å². The summed E-state index contributed by atoms with van der Waals surface area (Å²) >= 11 is 8.57. The van der Waals surface area contributed by atoms with E-state index in [9.17, 15) is 0 Å². The monoisotopic (exact) mass is 477 g/mol. The number of nitrogens with one attached hydrogen (secondary N) is 2. The molecule has 0 aliphatic carbocycles. The molecule has 0 spiro atoms. The highest BCUT2D eigenvalue weighted by Gasteiger charge is 2.05. The van der Waals surface area contributed by atoms with Crippen molar-refractivity contribution in [3.63, 3.8) is 0 Å². The van der Waals surface area contributed by atoms with Crippen molar-refractivity contribution in [3.8, 4) is 11.5 Å². The summed E-state index contributed by atoms with van der Waals surface area (Å²) in [6, 6.07) is 14.0. The fourth-order valence-corrected chi connectivity index (χ4v) is 3.13. The summed E-state index contributed by atoms with van der Waals surface area (Å²) < 4.78 is 12.6. The first-order chi connectivity index (χ1) is 14.0. The molecule has 0 bridgehead atoms. The lowest BCUT2D eigenvalue weighted by molar-refractivity contribution is 0.217. The average molecular weight is 478 g/mol. The highest BCUT2D eigenvalue weighted by molar-refractivity contribution is 9.10. The van der Waals surface area contributed by atoms with Crippen LogP contribution < -0.4 is 20.2 Å². The third kappa shape index (κ3) is 8.03. The Morgan fingerprint density at radius 2 is 1.86 bits per heavy atom. The number of hydrazone groups is 1. The third-order valence-corrected chi connectivity index (χ3v) is 5.08. The molecular formula is C22H28BrN3O2S. The van der Waals surface area contributed by atoms with Crippen molar-refractivity contribution in [3.05, 3.63) is 58.1 Å². The number of ether oxygens (including phenoxy) is 2. The van der Waals surface area contributed by atoms with E-state index in [-0.39, 0.29) is 0 Å². The second-order valence-corrected chi connectivity index (χ2v) is 7.81. The van der Waals surface area contributed by atoms with Crippen molar-refractivity contribution in [2.45, 2.75) is 33.1 Å². The van der Waals surface area contributed by atoms with E-state index in [1.165, 1.54) is 5.56 Å².